The minimum atomic E-state index is -0.483. The van der Waals surface area contributed by atoms with E-state index in [4.69, 9.17) is 19.1 Å². The van der Waals surface area contributed by atoms with E-state index in [1.54, 1.807) is 24.3 Å². The summed E-state index contributed by atoms with van der Waals surface area (Å²) in [5, 5.41) is 22.7. The van der Waals surface area contributed by atoms with Gasteiger partial charge in [-0.1, -0.05) is 84.9 Å². The zero-order chi connectivity index (χ0) is 31.0. The highest BCUT2D eigenvalue weighted by Gasteiger charge is 2.21. The van der Waals surface area contributed by atoms with Crippen LogP contribution in [0, 0.1) is 0 Å². The number of hydrogen-bond donors (Lipinski definition) is 2. The summed E-state index contributed by atoms with van der Waals surface area (Å²) in [7, 11) is 0. The van der Waals surface area contributed by atoms with Crippen molar-refractivity contribution in [2.24, 2.45) is 0 Å². The Morgan fingerprint density at radius 3 is 1.25 bits per heavy atom. The number of ether oxygens (including phenoxy) is 2. The summed E-state index contributed by atoms with van der Waals surface area (Å²) in [6.45, 7) is 1.37. The molecule has 0 saturated carbocycles. The molecule has 4 aromatic carbocycles. The summed E-state index contributed by atoms with van der Waals surface area (Å²) in [4.78, 5) is 37.7. The lowest BCUT2D eigenvalue weighted by Gasteiger charge is -2.23. The smallest absolute Gasteiger partial charge is 0.281 e. The van der Waals surface area contributed by atoms with Crippen LogP contribution in [0.5, 0.6) is 11.5 Å². The van der Waals surface area contributed by atoms with E-state index in [2.05, 4.69) is 0 Å². The second-order valence-corrected chi connectivity index (χ2v) is 9.59. The molecular formula is C34H36N2O8. The quantitative estimate of drug-likeness (QED) is 0.129. The number of hydrogen-bond acceptors (Lipinski definition) is 8. The van der Waals surface area contributed by atoms with E-state index in [-0.39, 0.29) is 75.4 Å². The summed E-state index contributed by atoms with van der Waals surface area (Å²) in [6, 6.07) is 31.4. The number of phenolic OH excluding ortho intramolecular Hbond substituents is 2. The highest BCUT2D eigenvalue weighted by Crippen LogP contribution is 2.20. The monoisotopic (exact) mass is 600 g/mol. The minimum Gasteiger partial charge on any atom is -0.507 e. The van der Waals surface area contributed by atoms with Gasteiger partial charge in [-0.2, -0.15) is 0 Å². The third-order valence-corrected chi connectivity index (χ3v) is 6.43. The second kappa shape index (κ2) is 17.4. The Hall–Kier alpha value is -4.74. The Morgan fingerprint density at radius 2 is 0.864 bits per heavy atom. The third-order valence-electron chi connectivity index (χ3n) is 6.43. The molecule has 44 heavy (non-hydrogen) atoms. The van der Waals surface area contributed by atoms with Gasteiger partial charge in [-0.05, 0) is 35.4 Å². The largest absolute Gasteiger partial charge is 0.507 e. The molecule has 0 atom stereocenters. The molecule has 0 radical (unpaired) electrons. The van der Waals surface area contributed by atoms with Crippen LogP contribution in [0.3, 0.4) is 0 Å². The van der Waals surface area contributed by atoms with E-state index in [9.17, 15) is 19.8 Å². The minimum absolute atomic E-state index is 0.121. The Bertz CT molecular complexity index is 1340. The van der Waals surface area contributed by atoms with Crippen LogP contribution in [0.1, 0.15) is 31.8 Å². The van der Waals surface area contributed by atoms with Crippen LogP contribution in [0.15, 0.2) is 109 Å². The molecule has 0 unspecified atom stereocenters. The number of carbonyl (C=O) groups excluding carboxylic acids is 2. The van der Waals surface area contributed by atoms with Crippen molar-refractivity contribution in [3.63, 3.8) is 0 Å². The molecule has 4 aromatic rings. The summed E-state index contributed by atoms with van der Waals surface area (Å²) in [5.74, 6) is -1.24. The van der Waals surface area contributed by atoms with Gasteiger partial charge in [-0.25, -0.2) is 10.1 Å². The maximum absolute atomic E-state index is 13.1. The van der Waals surface area contributed by atoms with Gasteiger partial charge in [-0.15, -0.1) is 0 Å². The normalized spacial score (nSPS) is 10.8. The van der Waals surface area contributed by atoms with Crippen molar-refractivity contribution in [2.75, 3.05) is 39.5 Å². The van der Waals surface area contributed by atoms with Gasteiger partial charge in [0, 0.05) is 0 Å². The molecule has 0 aliphatic rings. The lowest BCUT2D eigenvalue weighted by atomic mass is 10.2. The lowest BCUT2D eigenvalue weighted by Crippen LogP contribution is -2.35. The average molecular weight is 601 g/mol. The number of carbonyl (C=O) groups is 2. The molecule has 4 rings (SSSR count). The molecular weight excluding hydrogens is 564 g/mol. The van der Waals surface area contributed by atoms with Crippen molar-refractivity contribution in [1.29, 1.82) is 0 Å². The van der Waals surface area contributed by atoms with E-state index < -0.39 is 11.8 Å². The predicted octanol–water partition coefficient (Wildman–Crippen LogP) is 4.98. The zero-order valence-electron chi connectivity index (χ0n) is 24.3. The zero-order valence-corrected chi connectivity index (χ0v) is 24.3. The highest BCUT2D eigenvalue weighted by atomic mass is 16.7. The molecule has 0 aliphatic carbocycles. The van der Waals surface area contributed by atoms with Crippen molar-refractivity contribution in [3.05, 3.63) is 131 Å². The Labute approximate surface area is 256 Å². The Balaban J connectivity index is 1.23. The first-order valence-corrected chi connectivity index (χ1v) is 14.2. The number of para-hydroxylation sites is 2. The number of aromatic hydroxyl groups is 2. The molecule has 0 spiro atoms. The summed E-state index contributed by atoms with van der Waals surface area (Å²) in [6.07, 6.45) is 0. The van der Waals surface area contributed by atoms with Crippen molar-refractivity contribution >= 4 is 11.8 Å². The first kappa shape index (κ1) is 32.2. The van der Waals surface area contributed by atoms with Gasteiger partial charge in [0.2, 0.25) is 0 Å². The van der Waals surface area contributed by atoms with E-state index in [0.29, 0.717) is 0 Å². The molecule has 2 N–H and O–H groups in total. The van der Waals surface area contributed by atoms with E-state index in [1.807, 2.05) is 60.7 Å². The van der Waals surface area contributed by atoms with E-state index in [0.717, 1.165) is 11.1 Å². The summed E-state index contributed by atoms with van der Waals surface area (Å²) in [5.41, 5.74) is 2.03. The molecule has 0 bridgehead atoms. The average Bonchev–Trinajstić information content (AvgIpc) is 3.06. The maximum atomic E-state index is 13.1. The van der Waals surface area contributed by atoms with Crippen LogP contribution < -0.4 is 0 Å². The first-order chi connectivity index (χ1) is 21.5. The van der Waals surface area contributed by atoms with Gasteiger partial charge in [-0.3, -0.25) is 19.3 Å². The molecule has 10 heteroatoms. The van der Waals surface area contributed by atoms with Gasteiger partial charge in [0.15, 0.2) is 0 Å². The van der Waals surface area contributed by atoms with Crippen molar-refractivity contribution in [1.82, 2.24) is 10.1 Å². The molecule has 0 saturated heterocycles. The molecule has 0 aromatic heterocycles. The van der Waals surface area contributed by atoms with Crippen LogP contribution in [-0.4, -0.2) is 71.7 Å². The molecule has 0 fully saturated rings. The molecule has 2 amide bonds. The van der Waals surface area contributed by atoms with Gasteiger partial charge in [0.1, 0.15) is 24.7 Å². The molecule has 10 nitrogen and oxygen atoms in total. The fourth-order valence-corrected chi connectivity index (χ4v) is 4.10. The molecule has 0 heterocycles. The third kappa shape index (κ3) is 9.92. The highest BCUT2D eigenvalue weighted by molar-refractivity contribution is 5.96. The SMILES string of the molecule is O=C(c1ccccc1O)N(CCOCCOCCN(OCc1ccccc1)C(=O)c1ccccc1O)OCc1ccccc1. The van der Waals surface area contributed by atoms with E-state index in [1.165, 1.54) is 34.4 Å². The lowest BCUT2D eigenvalue weighted by molar-refractivity contribution is -0.145. The van der Waals surface area contributed by atoms with Crippen LogP contribution in [0.4, 0.5) is 0 Å². The fraction of sp³-hybridized carbons (Fsp3) is 0.235. The summed E-state index contributed by atoms with van der Waals surface area (Å²) >= 11 is 0. The van der Waals surface area contributed by atoms with Gasteiger partial charge in [0.05, 0.1) is 50.6 Å². The summed E-state index contributed by atoms with van der Waals surface area (Å²) < 4.78 is 11.3. The fourth-order valence-electron chi connectivity index (χ4n) is 4.10. The number of amides is 2. The maximum Gasteiger partial charge on any atom is 0.281 e. The van der Waals surface area contributed by atoms with Crippen LogP contribution >= 0.6 is 0 Å². The van der Waals surface area contributed by atoms with Gasteiger partial charge >= 0.3 is 0 Å². The second-order valence-electron chi connectivity index (χ2n) is 9.59. The van der Waals surface area contributed by atoms with Gasteiger partial charge < -0.3 is 19.7 Å². The Kier molecular flexibility index (Phi) is 12.7. The topological polar surface area (TPSA) is 118 Å². The molecule has 230 valence electrons. The van der Waals surface area contributed by atoms with Gasteiger partial charge in [0.25, 0.3) is 11.8 Å². The van der Waals surface area contributed by atoms with Crippen LogP contribution in [0.2, 0.25) is 0 Å². The van der Waals surface area contributed by atoms with Crippen molar-refractivity contribution in [3.8, 4) is 11.5 Å². The number of nitrogens with zero attached hydrogens (tertiary/aromatic N) is 2. The predicted molar refractivity (Wildman–Crippen MR) is 162 cm³/mol. The van der Waals surface area contributed by atoms with Crippen LogP contribution in [-0.2, 0) is 32.4 Å². The van der Waals surface area contributed by atoms with Crippen molar-refractivity contribution in [2.45, 2.75) is 13.2 Å². The van der Waals surface area contributed by atoms with Crippen molar-refractivity contribution < 1.29 is 39.0 Å². The number of phenols is 2. The number of hydroxylamine groups is 4. The van der Waals surface area contributed by atoms with E-state index >= 15 is 0 Å². The Morgan fingerprint density at radius 1 is 0.500 bits per heavy atom. The number of benzene rings is 4. The molecule has 0 aliphatic heterocycles. The number of rotatable bonds is 17. The first-order valence-electron chi connectivity index (χ1n) is 14.2. The standard InChI is InChI=1S/C34H36N2O8/c37-31-17-9-7-15-29(31)33(39)35(43-25-27-11-3-1-4-12-27)19-21-41-23-24-42-22-20-36(44-26-28-13-5-2-6-14-28)34(40)30-16-8-10-18-32(30)38/h1-18,37-38H,19-26H2. The van der Waals surface area contributed by atoms with Crippen LogP contribution in [0.25, 0.3) is 0 Å².